The minimum absolute atomic E-state index is 0.0997. The molecule has 31 heavy (non-hydrogen) atoms. The average molecular weight is 426 g/mol. The summed E-state index contributed by atoms with van der Waals surface area (Å²) in [6.45, 7) is 0.858. The fourth-order valence-electron chi connectivity index (χ4n) is 3.84. The number of anilines is 1. The largest absolute Gasteiger partial charge is 0.492 e. The predicted molar refractivity (Wildman–Crippen MR) is 111 cm³/mol. The number of ether oxygens (including phenoxy) is 1. The Bertz CT molecular complexity index is 976. The molecule has 2 aliphatic heterocycles. The van der Waals surface area contributed by atoms with Crippen LogP contribution in [-0.2, 0) is 4.79 Å². The smallest absolute Gasteiger partial charge is 0.325 e. The zero-order chi connectivity index (χ0) is 21.8. The number of amides is 5. The van der Waals surface area contributed by atoms with Gasteiger partial charge in [-0.25, -0.2) is 14.0 Å². The van der Waals surface area contributed by atoms with Crippen molar-refractivity contribution in [3.8, 4) is 5.75 Å². The normalized spacial score (nSPS) is 17.6. The van der Waals surface area contributed by atoms with Gasteiger partial charge in [0.05, 0.1) is 12.2 Å². The second kappa shape index (κ2) is 8.63. The van der Waals surface area contributed by atoms with Crippen LogP contribution in [0.3, 0.4) is 0 Å². The number of nitrogens with one attached hydrogen (secondary N) is 2. The number of nitrogens with zero attached hydrogens (tertiary/aromatic N) is 2. The predicted octanol–water partition coefficient (Wildman–Crippen LogP) is 2.82. The number of carbonyl (C=O) groups is 3. The van der Waals surface area contributed by atoms with Crippen molar-refractivity contribution in [2.24, 2.45) is 0 Å². The Morgan fingerprint density at radius 2 is 1.74 bits per heavy atom. The molecule has 1 spiro atoms. The molecule has 0 saturated carbocycles. The molecule has 0 bridgehead atoms. The molecule has 8 nitrogen and oxygen atoms in total. The van der Waals surface area contributed by atoms with E-state index in [-0.39, 0.29) is 50.7 Å². The first-order chi connectivity index (χ1) is 15.0. The highest BCUT2D eigenvalue weighted by molar-refractivity contribution is 6.07. The summed E-state index contributed by atoms with van der Waals surface area (Å²) in [7, 11) is 0. The Morgan fingerprint density at radius 1 is 1.06 bits per heavy atom. The number of rotatable bonds is 5. The lowest BCUT2D eigenvalue weighted by molar-refractivity contribution is -0.133. The Balaban J connectivity index is 1.31. The maximum Gasteiger partial charge on any atom is 0.325 e. The van der Waals surface area contributed by atoms with Crippen LogP contribution >= 0.6 is 0 Å². The number of carbonyl (C=O) groups excluding carboxylic acids is 3. The quantitative estimate of drug-likeness (QED) is 0.720. The van der Waals surface area contributed by atoms with E-state index in [1.54, 1.807) is 24.3 Å². The van der Waals surface area contributed by atoms with Gasteiger partial charge in [0, 0.05) is 13.1 Å². The van der Waals surface area contributed by atoms with E-state index in [1.807, 2.05) is 18.2 Å². The van der Waals surface area contributed by atoms with Crippen molar-refractivity contribution in [1.29, 1.82) is 0 Å². The van der Waals surface area contributed by atoms with E-state index < -0.39 is 23.4 Å². The number of urea groups is 2. The van der Waals surface area contributed by atoms with E-state index in [0.29, 0.717) is 5.75 Å². The third kappa shape index (κ3) is 4.30. The Hall–Kier alpha value is -3.62. The van der Waals surface area contributed by atoms with Crippen LogP contribution in [0.25, 0.3) is 0 Å². The molecule has 4 rings (SSSR count). The summed E-state index contributed by atoms with van der Waals surface area (Å²) in [5.41, 5.74) is -0.916. The third-order valence-electron chi connectivity index (χ3n) is 5.59. The highest BCUT2D eigenvalue weighted by Crippen LogP contribution is 2.30. The lowest BCUT2D eigenvalue weighted by atomic mass is 9.87. The number of benzene rings is 2. The zero-order valence-corrected chi connectivity index (χ0v) is 16.8. The molecule has 0 aromatic heterocycles. The summed E-state index contributed by atoms with van der Waals surface area (Å²) < 4.78 is 19.4. The van der Waals surface area contributed by atoms with Gasteiger partial charge >= 0.3 is 12.1 Å². The molecule has 2 fully saturated rings. The van der Waals surface area contributed by atoms with Crippen LogP contribution in [0.15, 0.2) is 54.6 Å². The number of hydrogen-bond acceptors (Lipinski definition) is 4. The molecule has 0 atom stereocenters. The highest BCUT2D eigenvalue weighted by atomic mass is 19.1. The molecule has 2 N–H and O–H groups in total. The number of piperidine rings is 1. The molecule has 2 saturated heterocycles. The third-order valence-corrected chi connectivity index (χ3v) is 5.59. The summed E-state index contributed by atoms with van der Waals surface area (Å²) in [5.74, 6) is -0.155. The molecule has 2 aromatic rings. The number of likely N-dealkylation sites (tertiary alicyclic amines) is 1. The second-order valence-electron chi connectivity index (χ2n) is 7.53. The first kappa shape index (κ1) is 20.6. The topological polar surface area (TPSA) is 91.0 Å². The lowest BCUT2D eigenvalue weighted by Gasteiger charge is -2.37. The van der Waals surface area contributed by atoms with Gasteiger partial charge in [0.2, 0.25) is 0 Å². The van der Waals surface area contributed by atoms with Gasteiger partial charge < -0.3 is 20.3 Å². The number of para-hydroxylation sites is 2. The summed E-state index contributed by atoms with van der Waals surface area (Å²) in [5, 5.41) is 5.34. The van der Waals surface area contributed by atoms with Gasteiger partial charge in [0.25, 0.3) is 5.91 Å². The monoisotopic (exact) mass is 426 g/mol. The summed E-state index contributed by atoms with van der Waals surface area (Å²) in [6.07, 6.45) is 0.580. The van der Waals surface area contributed by atoms with Crippen LogP contribution in [0.2, 0.25) is 0 Å². The summed E-state index contributed by atoms with van der Waals surface area (Å²) in [4.78, 5) is 40.5. The van der Waals surface area contributed by atoms with Crippen molar-refractivity contribution in [3.63, 3.8) is 0 Å². The maximum atomic E-state index is 13.8. The van der Waals surface area contributed by atoms with E-state index >= 15 is 0 Å². The van der Waals surface area contributed by atoms with E-state index in [1.165, 1.54) is 17.0 Å². The van der Waals surface area contributed by atoms with Crippen molar-refractivity contribution in [3.05, 3.63) is 60.4 Å². The van der Waals surface area contributed by atoms with Crippen LogP contribution < -0.4 is 15.4 Å². The minimum atomic E-state index is -1.02. The average Bonchev–Trinajstić information content (AvgIpc) is 3.00. The number of hydrogen-bond donors (Lipinski definition) is 2. The zero-order valence-electron chi connectivity index (χ0n) is 16.8. The van der Waals surface area contributed by atoms with Gasteiger partial charge in [0.15, 0.2) is 0 Å². The van der Waals surface area contributed by atoms with E-state index in [9.17, 15) is 18.8 Å². The van der Waals surface area contributed by atoms with Gasteiger partial charge in [0.1, 0.15) is 23.7 Å². The van der Waals surface area contributed by atoms with Gasteiger partial charge in [-0.2, -0.15) is 0 Å². The van der Waals surface area contributed by atoms with Crippen molar-refractivity contribution < 1.29 is 23.5 Å². The molecular weight excluding hydrogens is 403 g/mol. The van der Waals surface area contributed by atoms with Gasteiger partial charge in [-0.15, -0.1) is 0 Å². The van der Waals surface area contributed by atoms with Gasteiger partial charge in [-0.05, 0) is 37.1 Å². The second-order valence-corrected chi connectivity index (χ2v) is 7.53. The Morgan fingerprint density at radius 3 is 2.45 bits per heavy atom. The first-order valence-electron chi connectivity index (χ1n) is 10.1. The number of imide groups is 1. The molecule has 2 aliphatic rings. The Labute approximate surface area is 179 Å². The van der Waals surface area contributed by atoms with Crippen molar-refractivity contribution in [2.75, 3.05) is 31.6 Å². The molecule has 162 valence electrons. The molecule has 0 aliphatic carbocycles. The first-order valence-corrected chi connectivity index (χ1v) is 10.1. The van der Waals surface area contributed by atoms with Crippen molar-refractivity contribution in [2.45, 2.75) is 18.4 Å². The maximum absolute atomic E-state index is 13.8. The molecule has 5 amide bonds. The van der Waals surface area contributed by atoms with E-state index in [4.69, 9.17) is 4.74 Å². The van der Waals surface area contributed by atoms with Crippen LogP contribution in [0.1, 0.15) is 12.8 Å². The summed E-state index contributed by atoms with van der Waals surface area (Å²) in [6, 6.07) is 14.2. The van der Waals surface area contributed by atoms with Gasteiger partial charge in [-0.3, -0.25) is 9.69 Å². The van der Waals surface area contributed by atoms with Crippen LogP contribution in [-0.4, -0.2) is 59.5 Å². The van der Waals surface area contributed by atoms with Crippen LogP contribution in [0.4, 0.5) is 19.7 Å². The van der Waals surface area contributed by atoms with Crippen LogP contribution in [0, 0.1) is 5.82 Å². The molecule has 2 aromatic carbocycles. The Kier molecular flexibility index (Phi) is 5.75. The standard InChI is InChI=1S/C22H23FN4O4/c23-17-8-4-5-9-18(17)24-20(29)26-12-10-22(11-13-26)19(28)27(21(30)25-22)14-15-31-16-6-2-1-3-7-16/h1-9H,10-15H2,(H,24,29)(H,25,30). The fourth-order valence-corrected chi connectivity index (χ4v) is 3.84. The van der Waals surface area contributed by atoms with Crippen LogP contribution in [0.5, 0.6) is 5.75 Å². The number of halogens is 1. The van der Waals surface area contributed by atoms with Crippen molar-refractivity contribution in [1.82, 2.24) is 15.1 Å². The summed E-state index contributed by atoms with van der Waals surface area (Å²) >= 11 is 0. The molecule has 2 heterocycles. The van der Waals surface area contributed by atoms with Crippen molar-refractivity contribution >= 4 is 23.7 Å². The molecule has 0 radical (unpaired) electrons. The molecule has 9 heteroatoms. The van der Waals surface area contributed by atoms with E-state index in [2.05, 4.69) is 10.6 Å². The lowest BCUT2D eigenvalue weighted by Crippen LogP contribution is -2.56. The highest BCUT2D eigenvalue weighted by Gasteiger charge is 2.52. The molecular formula is C22H23FN4O4. The van der Waals surface area contributed by atoms with E-state index in [0.717, 1.165) is 4.90 Å². The fraction of sp³-hybridized carbons (Fsp3) is 0.318. The van der Waals surface area contributed by atoms with Gasteiger partial charge in [-0.1, -0.05) is 30.3 Å². The minimum Gasteiger partial charge on any atom is -0.492 e. The SMILES string of the molecule is O=C(Nc1ccccc1F)N1CCC2(CC1)NC(=O)N(CCOc1ccccc1)C2=O. The molecule has 0 unspecified atom stereocenters.